The molecule has 2 heterocycles. The van der Waals surface area contributed by atoms with Crippen molar-refractivity contribution in [1.29, 1.82) is 0 Å². The van der Waals surface area contributed by atoms with Gasteiger partial charge >= 0.3 is 0 Å². The van der Waals surface area contributed by atoms with Crippen LogP contribution >= 0.6 is 15.9 Å². The average molecular weight is 414 g/mol. The lowest BCUT2D eigenvalue weighted by Gasteiger charge is -2.30. The van der Waals surface area contributed by atoms with Gasteiger partial charge in [-0.1, -0.05) is 37.3 Å². The molecule has 0 saturated carbocycles. The number of rotatable bonds is 2. The van der Waals surface area contributed by atoms with Gasteiger partial charge in [0.25, 0.3) is 5.91 Å². The summed E-state index contributed by atoms with van der Waals surface area (Å²) in [6.07, 6.45) is 0.756. The lowest BCUT2D eigenvalue weighted by Crippen LogP contribution is -2.35. The molecule has 134 valence electrons. The molecule has 2 atom stereocenters. The maximum atomic E-state index is 13.1. The summed E-state index contributed by atoms with van der Waals surface area (Å²) in [5.41, 5.74) is 2.72. The van der Waals surface area contributed by atoms with Crippen molar-refractivity contribution in [3.8, 4) is 11.5 Å². The highest BCUT2D eigenvalue weighted by molar-refractivity contribution is 9.10. The van der Waals surface area contributed by atoms with E-state index in [0.717, 1.165) is 33.5 Å². The van der Waals surface area contributed by atoms with Crippen LogP contribution in [-0.2, 0) is 4.79 Å². The van der Waals surface area contributed by atoms with Crippen LogP contribution in [0.25, 0.3) is 0 Å². The van der Waals surface area contributed by atoms with Gasteiger partial charge in [0.2, 0.25) is 0 Å². The van der Waals surface area contributed by atoms with Gasteiger partial charge in [-0.3, -0.25) is 4.79 Å². The molecule has 4 rings (SSSR count). The fraction of sp³-hybridized carbons (Fsp3) is 0.286. The van der Waals surface area contributed by atoms with Crippen molar-refractivity contribution in [3.05, 3.63) is 69.4 Å². The van der Waals surface area contributed by atoms with Crippen molar-refractivity contribution >= 4 is 21.8 Å². The normalized spacial score (nSPS) is 21.2. The second-order valence-corrected chi connectivity index (χ2v) is 7.51. The third-order valence-corrected chi connectivity index (χ3v) is 5.66. The summed E-state index contributed by atoms with van der Waals surface area (Å²) < 4.78 is 12.6. The zero-order valence-electron chi connectivity index (χ0n) is 14.7. The topological polar surface area (TPSA) is 47.6 Å². The molecule has 1 amide bonds. The summed E-state index contributed by atoms with van der Waals surface area (Å²) in [5, 5.41) is 3.18. The molecule has 0 fully saturated rings. The molecule has 0 aliphatic carbocycles. The molecule has 2 aliphatic heterocycles. The van der Waals surface area contributed by atoms with Gasteiger partial charge in [0, 0.05) is 23.5 Å². The summed E-state index contributed by atoms with van der Waals surface area (Å²) >= 11 is 3.53. The van der Waals surface area contributed by atoms with Crippen molar-refractivity contribution in [2.75, 3.05) is 6.61 Å². The fourth-order valence-corrected chi connectivity index (χ4v) is 4.19. The van der Waals surface area contributed by atoms with Crippen molar-refractivity contribution in [3.63, 3.8) is 0 Å². The van der Waals surface area contributed by atoms with Crippen LogP contribution in [0.5, 0.6) is 11.5 Å². The number of nitrogens with one attached hydrogen (secondary N) is 1. The molecule has 2 aliphatic rings. The molecular formula is C21H20BrNO3. The third kappa shape index (κ3) is 2.90. The van der Waals surface area contributed by atoms with E-state index in [1.165, 1.54) is 0 Å². The van der Waals surface area contributed by atoms with E-state index in [9.17, 15) is 4.79 Å². The van der Waals surface area contributed by atoms with Crippen LogP contribution in [0, 0.1) is 0 Å². The Kier molecular flexibility index (Phi) is 4.49. The molecule has 5 heteroatoms. The monoisotopic (exact) mass is 413 g/mol. The molecule has 0 saturated heterocycles. The largest absolute Gasteiger partial charge is 0.493 e. The Bertz CT molecular complexity index is 906. The molecule has 0 radical (unpaired) electrons. The predicted octanol–water partition coefficient (Wildman–Crippen LogP) is 4.86. The summed E-state index contributed by atoms with van der Waals surface area (Å²) in [6, 6.07) is 13.7. The standard InChI is InChI=1S/C21H20BrNO3/c1-12-14-7-5-8-16(22)20(14)26-13(2)19(12)21(24)23-17-10-11-25-18-9-4-3-6-15(17)18/h3-9,12,17H,10-11H2,1-2H3,(H,23,24)/t12?,17-/m0/s1. The van der Waals surface area contributed by atoms with Gasteiger partial charge in [-0.2, -0.15) is 0 Å². The quantitative estimate of drug-likeness (QED) is 0.764. The molecule has 4 nitrogen and oxygen atoms in total. The minimum Gasteiger partial charge on any atom is -0.493 e. The first-order chi connectivity index (χ1) is 12.6. The Labute approximate surface area is 161 Å². The smallest absolute Gasteiger partial charge is 0.251 e. The van der Waals surface area contributed by atoms with Gasteiger partial charge in [-0.05, 0) is 35.0 Å². The van der Waals surface area contributed by atoms with E-state index < -0.39 is 0 Å². The lowest BCUT2D eigenvalue weighted by atomic mass is 9.88. The molecular weight excluding hydrogens is 394 g/mol. The Balaban J connectivity index is 1.62. The van der Waals surface area contributed by atoms with Crippen molar-refractivity contribution in [2.24, 2.45) is 0 Å². The number of fused-ring (bicyclic) bond motifs is 2. The third-order valence-electron chi connectivity index (χ3n) is 5.04. The first kappa shape index (κ1) is 17.2. The molecule has 0 bridgehead atoms. The maximum absolute atomic E-state index is 13.1. The molecule has 2 aromatic rings. The van der Waals surface area contributed by atoms with E-state index >= 15 is 0 Å². The van der Waals surface area contributed by atoms with Crippen LogP contribution in [0.1, 0.15) is 43.4 Å². The Hall–Kier alpha value is -2.27. The number of para-hydroxylation sites is 2. The van der Waals surface area contributed by atoms with Crippen molar-refractivity contribution in [1.82, 2.24) is 5.32 Å². The van der Waals surface area contributed by atoms with Crippen LogP contribution in [-0.4, -0.2) is 12.5 Å². The van der Waals surface area contributed by atoms with Crippen LogP contribution in [0.15, 0.2) is 58.3 Å². The van der Waals surface area contributed by atoms with Gasteiger partial charge < -0.3 is 14.8 Å². The Morgan fingerprint density at radius 3 is 2.77 bits per heavy atom. The van der Waals surface area contributed by atoms with Gasteiger partial charge in [-0.15, -0.1) is 0 Å². The summed E-state index contributed by atoms with van der Waals surface area (Å²) in [5.74, 6) is 2.17. The molecule has 1 unspecified atom stereocenters. The van der Waals surface area contributed by atoms with Crippen LogP contribution < -0.4 is 14.8 Å². The predicted molar refractivity (Wildman–Crippen MR) is 103 cm³/mol. The average Bonchev–Trinajstić information content (AvgIpc) is 2.63. The summed E-state index contributed by atoms with van der Waals surface area (Å²) in [7, 11) is 0. The molecule has 26 heavy (non-hydrogen) atoms. The van der Waals surface area contributed by atoms with Crippen LogP contribution in [0.3, 0.4) is 0 Å². The molecule has 0 spiro atoms. The fourth-order valence-electron chi connectivity index (χ4n) is 3.73. The minimum absolute atomic E-state index is 0.0358. The minimum atomic E-state index is -0.0812. The van der Waals surface area contributed by atoms with E-state index in [0.29, 0.717) is 17.9 Å². The number of amides is 1. The number of carbonyl (C=O) groups excluding carboxylic acids is 1. The van der Waals surface area contributed by atoms with Gasteiger partial charge in [0.15, 0.2) is 0 Å². The summed E-state index contributed by atoms with van der Waals surface area (Å²) in [4.78, 5) is 13.1. The highest BCUT2D eigenvalue weighted by Gasteiger charge is 2.32. The van der Waals surface area contributed by atoms with Gasteiger partial charge in [0.05, 0.1) is 22.7 Å². The number of allylic oxidation sites excluding steroid dienone is 1. The lowest BCUT2D eigenvalue weighted by molar-refractivity contribution is -0.118. The maximum Gasteiger partial charge on any atom is 0.251 e. The van der Waals surface area contributed by atoms with Gasteiger partial charge in [-0.25, -0.2) is 0 Å². The second-order valence-electron chi connectivity index (χ2n) is 6.65. The van der Waals surface area contributed by atoms with Crippen molar-refractivity contribution < 1.29 is 14.3 Å². The first-order valence-electron chi connectivity index (χ1n) is 8.76. The van der Waals surface area contributed by atoms with E-state index in [1.54, 1.807) is 0 Å². The number of ether oxygens (including phenoxy) is 2. The number of hydrogen-bond acceptors (Lipinski definition) is 3. The number of benzene rings is 2. The Morgan fingerprint density at radius 2 is 1.92 bits per heavy atom. The van der Waals surface area contributed by atoms with Gasteiger partial charge in [0.1, 0.15) is 17.3 Å². The van der Waals surface area contributed by atoms with E-state index in [-0.39, 0.29) is 17.9 Å². The SMILES string of the molecule is CC1=C(C(=O)N[C@H]2CCOc3ccccc32)C(C)c2cccc(Br)c2O1. The zero-order valence-corrected chi connectivity index (χ0v) is 16.3. The number of halogens is 1. The van der Waals surface area contributed by atoms with Crippen LogP contribution in [0.4, 0.5) is 0 Å². The number of carbonyl (C=O) groups is 1. The summed E-state index contributed by atoms with van der Waals surface area (Å²) in [6.45, 7) is 4.50. The molecule has 1 N–H and O–H groups in total. The first-order valence-corrected chi connectivity index (χ1v) is 9.55. The molecule has 2 aromatic carbocycles. The van der Waals surface area contributed by atoms with E-state index in [1.807, 2.05) is 56.3 Å². The second kappa shape index (κ2) is 6.80. The van der Waals surface area contributed by atoms with E-state index in [2.05, 4.69) is 21.2 Å². The van der Waals surface area contributed by atoms with Crippen molar-refractivity contribution in [2.45, 2.75) is 32.2 Å². The highest BCUT2D eigenvalue weighted by Crippen LogP contribution is 2.43. The number of hydrogen-bond donors (Lipinski definition) is 1. The van der Waals surface area contributed by atoms with E-state index in [4.69, 9.17) is 9.47 Å². The highest BCUT2D eigenvalue weighted by atomic mass is 79.9. The Morgan fingerprint density at radius 1 is 1.15 bits per heavy atom. The zero-order chi connectivity index (χ0) is 18.3. The van der Waals surface area contributed by atoms with Crippen LogP contribution in [0.2, 0.25) is 0 Å². The molecule has 0 aromatic heterocycles.